The molecule has 1 heterocycles. The van der Waals surface area contributed by atoms with E-state index >= 15 is 0 Å². The molecule has 0 aliphatic rings. The average molecular weight is 285 g/mol. The lowest BCUT2D eigenvalue weighted by Crippen LogP contribution is -2.27. The molecule has 1 aromatic carbocycles. The van der Waals surface area contributed by atoms with Gasteiger partial charge in [-0.15, -0.1) is 0 Å². The second kappa shape index (κ2) is 6.44. The van der Waals surface area contributed by atoms with Crippen LogP contribution < -0.4 is 5.32 Å². The number of rotatable bonds is 5. The second-order valence-electron chi connectivity index (χ2n) is 6.85. The first-order valence-corrected chi connectivity index (χ1v) is 7.70. The first-order chi connectivity index (χ1) is 9.93. The molecule has 0 aliphatic heterocycles. The summed E-state index contributed by atoms with van der Waals surface area (Å²) in [5, 5.41) is 7.96. The minimum absolute atomic E-state index is 0.307. The van der Waals surface area contributed by atoms with Crippen LogP contribution in [0.4, 0.5) is 0 Å². The molecule has 0 spiro atoms. The summed E-state index contributed by atoms with van der Waals surface area (Å²) in [6.07, 6.45) is 2.98. The Bertz CT molecular complexity index is 551. The third kappa shape index (κ3) is 3.73. The molecular formula is C18H27N3. The zero-order valence-corrected chi connectivity index (χ0v) is 13.8. The van der Waals surface area contributed by atoms with Gasteiger partial charge in [-0.25, -0.2) is 4.68 Å². The van der Waals surface area contributed by atoms with Crippen molar-refractivity contribution in [2.24, 2.45) is 11.3 Å². The fourth-order valence-corrected chi connectivity index (χ4v) is 2.46. The van der Waals surface area contributed by atoms with Crippen LogP contribution in [0.2, 0.25) is 0 Å². The molecule has 3 heteroatoms. The van der Waals surface area contributed by atoms with Crippen molar-refractivity contribution in [3.8, 4) is 5.69 Å². The molecule has 2 unspecified atom stereocenters. The number of aromatic nitrogens is 2. The van der Waals surface area contributed by atoms with E-state index in [1.807, 2.05) is 36.1 Å². The van der Waals surface area contributed by atoms with Crippen molar-refractivity contribution >= 4 is 0 Å². The summed E-state index contributed by atoms with van der Waals surface area (Å²) in [6.45, 7) is 9.24. The molecule has 21 heavy (non-hydrogen) atoms. The highest BCUT2D eigenvalue weighted by Gasteiger charge is 2.25. The van der Waals surface area contributed by atoms with Crippen LogP contribution in [-0.4, -0.2) is 16.8 Å². The predicted molar refractivity (Wildman–Crippen MR) is 88.6 cm³/mol. The van der Waals surface area contributed by atoms with Crippen LogP contribution in [0.5, 0.6) is 0 Å². The smallest absolute Gasteiger partial charge is 0.0649 e. The summed E-state index contributed by atoms with van der Waals surface area (Å²) in [7, 11) is 2.03. The zero-order valence-electron chi connectivity index (χ0n) is 13.8. The van der Waals surface area contributed by atoms with Crippen molar-refractivity contribution in [2.45, 2.75) is 40.2 Å². The molecular weight excluding hydrogens is 258 g/mol. The highest BCUT2D eigenvalue weighted by Crippen LogP contribution is 2.33. The second-order valence-corrected chi connectivity index (χ2v) is 6.85. The van der Waals surface area contributed by atoms with Crippen LogP contribution in [-0.2, 0) is 0 Å². The maximum absolute atomic E-state index is 4.50. The van der Waals surface area contributed by atoms with Gasteiger partial charge < -0.3 is 5.32 Å². The van der Waals surface area contributed by atoms with Gasteiger partial charge >= 0.3 is 0 Å². The van der Waals surface area contributed by atoms with Crippen molar-refractivity contribution in [2.75, 3.05) is 7.05 Å². The van der Waals surface area contributed by atoms with E-state index in [0.717, 1.165) is 12.1 Å². The summed E-state index contributed by atoms with van der Waals surface area (Å²) in [5.74, 6) is 0.620. The Hall–Kier alpha value is -1.61. The van der Waals surface area contributed by atoms with Crippen LogP contribution in [0.1, 0.15) is 45.9 Å². The Kier molecular flexibility index (Phi) is 4.84. The Morgan fingerprint density at radius 2 is 1.81 bits per heavy atom. The monoisotopic (exact) mass is 285 g/mol. The molecule has 3 nitrogen and oxygen atoms in total. The fourth-order valence-electron chi connectivity index (χ4n) is 2.46. The molecule has 0 aliphatic carbocycles. The van der Waals surface area contributed by atoms with Crippen LogP contribution in [0.15, 0.2) is 42.6 Å². The topological polar surface area (TPSA) is 29.9 Å². The first-order valence-electron chi connectivity index (χ1n) is 7.70. The molecule has 0 fully saturated rings. The third-order valence-corrected chi connectivity index (χ3v) is 4.45. The molecule has 2 aromatic rings. The van der Waals surface area contributed by atoms with Gasteiger partial charge in [-0.2, -0.15) is 5.10 Å². The number of hydrogen-bond acceptors (Lipinski definition) is 2. The zero-order chi connectivity index (χ0) is 15.5. The number of hydrogen-bond donors (Lipinski definition) is 1. The van der Waals surface area contributed by atoms with Crippen molar-refractivity contribution in [1.29, 1.82) is 0 Å². The van der Waals surface area contributed by atoms with Gasteiger partial charge in [0.15, 0.2) is 0 Å². The standard InChI is InChI=1S/C18H27N3/c1-14(18(2,3)4)13-16(19-5)17-11-12-20-21(17)15-9-7-6-8-10-15/h6-12,14,16,19H,13H2,1-5H3. The van der Waals surface area contributed by atoms with E-state index in [2.05, 4.69) is 56.3 Å². The van der Waals surface area contributed by atoms with Crippen LogP contribution in [0.3, 0.4) is 0 Å². The molecule has 0 saturated heterocycles. The van der Waals surface area contributed by atoms with Crippen molar-refractivity contribution in [1.82, 2.24) is 15.1 Å². The predicted octanol–water partition coefficient (Wildman–Crippen LogP) is 4.21. The van der Waals surface area contributed by atoms with Gasteiger partial charge in [0.2, 0.25) is 0 Å². The number of benzene rings is 1. The van der Waals surface area contributed by atoms with E-state index in [-0.39, 0.29) is 0 Å². The fraction of sp³-hybridized carbons (Fsp3) is 0.500. The van der Waals surface area contributed by atoms with E-state index in [9.17, 15) is 0 Å². The largest absolute Gasteiger partial charge is 0.312 e. The average Bonchev–Trinajstić information content (AvgIpc) is 2.93. The lowest BCUT2D eigenvalue weighted by Gasteiger charge is -2.31. The van der Waals surface area contributed by atoms with E-state index in [1.165, 1.54) is 5.69 Å². The Morgan fingerprint density at radius 1 is 1.14 bits per heavy atom. The van der Waals surface area contributed by atoms with Gasteiger partial charge in [0.1, 0.15) is 0 Å². The molecule has 1 aromatic heterocycles. The minimum Gasteiger partial charge on any atom is -0.312 e. The van der Waals surface area contributed by atoms with Crippen molar-refractivity contribution in [3.05, 3.63) is 48.3 Å². The Morgan fingerprint density at radius 3 is 2.38 bits per heavy atom. The number of nitrogens with zero attached hydrogens (tertiary/aromatic N) is 2. The molecule has 2 atom stereocenters. The van der Waals surface area contributed by atoms with Gasteiger partial charge in [0.05, 0.1) is 11.4 Å². The SMILES string of the molecule is CNC(CC(C)C(C)(C)C)c1ccnn1-c1ccccc1. The van der Waals surface area contributed by atoms with Gasteiger partial charge in [-0.3, -0.25) is 0 Å². The molecule has 1 N–H and O–H groups in total. The maximum Gasteiger partial charge on any atom is 0.0649 e. The van der Waals surface area contributed by atoms with Crippen LogP contribution in [0, 0.1) is 11.3 Å². The van der Waals surface area contributed by atoms with Crippen molar-refractivity contribution < 1.29 is 0 Å². The molecule has 0 radical (unpaired) electrons. The lowest BCUT2D eigenvalue weighted by atomic mass is 9.78. The van der Waals surface area contributed by atoms with Gasteiger partial charge in [-0.05, 0) is 43.0 Å². The van der Waals surface area contributed by atoms with Gasteiger partial charge in [0, 0.05) is 12.2 Å². The van der Waals surface area contributed by atoms with E-state index in [1.54, 1.807) is 0 Å². The number of nitrogens with one attached hydrogen (secondary N) is 1. The normalized spacial score (nSPS) is 14.9. The van der Waals surface area contributed by atoms with E-state index in [4.69, 9.17) is 0 Å². The quantitative estimate of drug-likeness (QED) is 0.892. The highest BCUT2D eigenvalue weighted by atomic mass is 15.3. The Balaban J connectivity index is 2.26. The minimum atomic E-state index is 0.307. The van der Waals surface area contributed by atoms with Crippen LogP contribution in [0.25, 0.3) is 5.69 Å². The molecule has 114 valence electrons. The summed E-state index contributed by atoms with van der Waals surface area (Å²) >= 11 is 0. The number of para-hydroxylation sites is 1. The maximum atomic E-state index is 4.50. The molecule has 0 saturated carbocycles. The lowest BCUT2D eigenvalue weighted by molar-refractivity contribution is 0.224. The first kappa shape index (κ1) is 15.8. The summed E-state index contributed by atoms with van der Waals surface area (Å²) < 4.78 is 2.04. The van der Waals surface area contributed by atoms with E-state index < -0.39 is 0 Å². The summed E-state index contributed by atoms with van der Waals surface area (Å²) in [6, 6.07) is 12.7. The summed E-state index contributed by atoms with van der Waals surface area (Å²) in [4.78, 5) is 0. The molecule has 2 rings (SSSR count). The van der Waals surface area contributed by atoms with Crippen molar-refractivity contribution in [3.63, 3.8) is 0 Å². The van der Waals surface area contributed by atoms with Gasteiger partial charge in [-0.1, -0.05) is 45.9 Å². The third-order valence-electron chi connectivity index (χ3n) is 4.45. The van der Waals surface area contributed by atoms with E-state index in [0.29, 0.717) is 17.4 Å². The molecule has 0 amide bonds. The van der Waals surface area contributed by atoms with Gasteiger partial charge in [0.25, 0.3) is 0 Å². The summed E-state index contributed by atoms with van der Waals surface area (Å²) in [5.41, 5.74) is 2.65. The van der Waals surface area contributed by atoms with Crippen LogP contribution >= 0.6 is 0 Å². The Labute approximate surface area is 128 Å². The molecule has 0 bridgehead atoms. The highest BCUT2D eigenvalue weighted by molar-refractivity contribution is 5.33.